The first-order valence-electron chi connectivity index (χ1n) is 7.15. The predicted molar refractivity (Wildman–Crippen MR) is 91.2 cm³/mol. The molecule has 132 valence electrons. The minimum absolute atomic E-state index is 0.133. The number of benzene rings is 2. The van der Waals surface area contributed by atoms with Crippen LogP contribution in [-0.4, -0.2) is 30.3 Å². The van der Waals surface area contributed by atoms with Gasteiger partial charge in [0.05, 0.1) is 17.8 Å². The van der Waals surface area contributed by atoms with Crippen molar-refractivity contribution in [2.45, 2.75) is 6.18 Å². The molecular formula is C17H14BrF3N2O2. The molecular weight excluding hydrogens is 401 g/mol. The zero-order valence-corrected chi connectivity index (χ0v) is 14.7. The summed E-state index contributed by atoms with van der Waals surface area (Å²) < 4.78 is 38.9. The SMILES string of the molecule is CN(CC(=O)Nc1ccccc1Br)C(=O)c1cccc(C(F)(F)F)c1. The van der Waals surface area contributed by atoms with E-state index in [0.717, 1.165) is 23.1 Å². The second-order valence-corrected chi connectivity index (χ2v) is 6.12. The van der Waals surface area contributed by atoms with Gasteiger partial charge in [0.15, 0.2) is 0 Å². The minimum atomic E-state index is -4.54. The van der Waals surface area contributed by atoms with Gasteiger partial charge < -0.3 is 10.2 Å². The Morgan fingerprint density at radius 1 is 1.12 bits per heavy atom. The van der Waals surface area contributed by atoms with Crippen LogP contribution in [0.25, 0.3) is 0 Å². The van der Waals surface area contributed by atoms with Gasteiger partial charge in [0.25, 0.3) is 5.91 Å². The van der Waals surface area contributed by atoms with Crippen LogP contribution in [0.15, 0.2) is 53.0 Å². The molecule has 0 aromatic heterocycles. The smallest absolute Gasteiger partial charge is 0.332 e. The number of para-hydroxylation sites is 1. The molecule has 25 heavy (non-hydrogen) atoms. The molecule has 2 rings (SSSR count). The van der Waals surface area contributed by atoms with Crippen molar-refractivity contribution in [2.75, 3.05) is 18.9 Å². The lowest BCUT2D eigenvalue weighted by Crippen LogP contribution is -2.35. The summed E-state index contributed by atoms with van der Waals surface area (Å²) in [6.07, 6.45) is -4.54. The quantitative estimate of drug-likeness (QED) is 0.815. The van der Waals surface area contributed by atoms with Gasteiger partial charge >= 0.3 is 6.18 Å². The molecule has 0 aliphatic carbocycles. The first kappa shape index (κ1) is 19.0. The number of alkyl halides is 3. The largest absolute Gasteiger partial charge is 0.416 e. The summed E-state index contributed by atoms with van der Waals surface area (Å²) in [6, 6.07) is 11.0. The van der Waals surface area contributed by atoms with Crippen LogP contribution >= 0.6 is 15.9 Å². The van der Waals surface area contributed by atoms with Gasteiger partial charge in [0.2, 0.25) is 5.91 Å². The topological polar surface area (TPSA) is 49.4 Å². The molecule has 0 aliphatic rings. The molecule has 0 saturated heterocycles. The number of nitrogens with zero attached hydrogens (tertiary/aromatic N) is 1. The van der Waals surface area contributed by atoms with Crippen molar-refractivity contribution in [1.82, 2.24) is 4.90 Å². The van der Waals surface area contributed by atoms with Crippen molar-refractivity contribution in [1.29, 1.82) is 0 Å². The lowest BCUT2D eigenvalue weighted by atomic mass is 10.1. The van der Waals surface area contributed by atoms with Crippen LogP contribution in [0.2, 0.25) is 0 Å². The number of halogens is 4. The maximum atomic E-state index is 12.7. The third-order valence-corrected chi connectivity index (χ3v) is 4.00. The molecule has 8 heteroatoms. The molecule has 2 aromatic carbocycles. The number of carbonyl (C=O) groups excluding carboxylic acids is 2. The van der Waals surface area contributed by atoms with E-state index in [-0.39, 0.29) is 12.1 Å². The third kappa shape index (κ3) is 5.06. The number of hydrogen-bond acceptors (Lipinski definition) is 2. The molecule has 1 N–H and O–H groups in total. The standard InChI is InChI=1S/C17H14BrF3N2O2/c1-23(10-15(24)22-14-8-3-2-7-13(14)18)16(25)11-5-4-6-12(9-11)17(19,20)21/h2-9H,10H2,1H3,(H,22,24). The van der Waals surface area contributed by atoms with E-state index in [2.05, 4.69) is 21.2 Å². The molecule has 2 aromatic rings. The average molecular weight is 415 g/mol. The Morgan fingerprint density at radius 2 is 1.80 bits per heavy atom. The molecule has 0 atom stereocenters. The Hall–Kier alpha value is -2.35. The van der Waals surface area contributed by atoms with Gasteiger partial charge in [-0.1, -0.05) is 18.2 Å². The Labute approximate surface area is 150 Å². The Balaban J connectivity index is 2.05. The van der Waals surface area contributed by atoms with Crippen LogP contribution in [0.4, 0.5) is 18.9 Å². The number of carbonyl (C=O) groups is 2. The van der Waals surface area contributed by atoms with Crippen molar-refractivity contribution in [3.8, 4) is 0 Å². The van der Waals surface area contributed by atoms with Crippen molar-refractivity contribution in [3.05, 3.63) is 64.1 Å². The number of nitrogens with one attached hydrogen (secondary N) is 1. The van der Waals surface area contributed by atoms with E-state index in [9.17, 15) is 22.8 Å². The second kappa shape index (κ2) is 7.69. The van der Waals surface area contributed by atoms with Gasteiger partial charge in [0.1, 0.15) is 0 Å². The Bertz CT molecular complexity index is 793. The van der Waals surface area contributed by atoms with E-state index in [1.165, 1.54) is 13.1 Å². The van der Waals surface area contributed by atoms with E-state index >= 15 is 0 Å². The van der Waals surface area contributed by atoms with Crippen molar-refractivity contribution < 1.29 is 22.8 Å². The Kier molecular flexibility index (Phi) is 5.84. The van der Waals surface area contributed by atoms with Crippen LogP contribution in [0.5, 0.6) is 0 Å². The van der Waals surface area contributed by atoms with Crippen LogP contribution in [0.1, 0.15) is 15.9 Å². The molecule has 0 heterocycles. The first-order valence-corrected chi connectivity index (χ1v) is 7.95. The number of hydrogen-bond donors (Lipinski definition) is 1. The van der Waals surface area contributed by atoms with Gasteiger partial charge in [-0.25, -0.2) is 0 Å². The molecule has 0 fully saturated rings. The number of amides is 2. The van der Waals surface area contributed by atoms with Crippen molar-refractivity contribution >= 4 is 33.4 Å². The highest BCUT2D eigenvalue weighted by Gasteiger charge is 2.31. The van der Waals surface area contributed by atoms with Crippen LogP contribution in [0, 0.1) is 0 Å². The fourth-order valence-electron chi connectivity index (χ4n) is 2.09. The molecule has 2 amide bonds. The second-order valence-electron chi connectivity index (χ2n) is 5.27. The van der Waals surface area contributed by atoms with Crippen molar-refractivity contribution in [3.63, 3.8) is 0 Å². The highest BCUT2D eigenvalue weighted by atomic mass is 79.9. The fraction of sp³-hybridized carbons (Fsp3) is 0.176. The van der Waals surface area contributed by atoms with E-state index in [4.69, 9.17) is 0 Å². The van der Waals surface area contributed by atoms with Gasteiger partial charge in [-0.05, 0) is 46.3 Å². The van der Waals surface area contributed by atoms with Crippen LogP contribution in [-0.2, 0) is 11.0 Å². The van der Waals surface area contributed by atoms with E-state index in [1.54, 1.807) is 24.3 Å². The lowest BCUT2D eigenvalue weighted by Gasteiger charge is -2.18. The first-order chi connectivity index (χ1) is 11.7. The third-order valence-electron chi connectivity index (χ3n) is 3.31. The number of likely N-dealkylation sites (N-methyl/N-ethyl adjacent to an activating group) is 1. The summed E-state index contributed by atoms with van der Waals surface area (Å²) in [6.45, 7) is -0.295. The minimum Gasteiger partial charge on any atom is -0.332 e. The average Bonchev–Trinajstić information content (AvgIpc) is 2.55. The zero-order chi connectivity index (χ0) is 18.6. The van der Waals surface area contributed by atoms with Gasteiger partial charge in [-0.15, -0.1) is 0 Å². The summed E-state index contributed by atoms with van der Waals surface area (Å²) in [5.74, 6) is -1.14. The Morgan fingerprint density at radius 3 is 2.44 bits per heavy atom. The predicted octanol–water partition coefficient (Wildman–Crippen LogP) is 4.18. The van der Waals surface area contributed by atoms with Gasteiger partial charge in [-0.2, -0.15) is 13.2 Å². The number of rotatable bonds is 4. The maximum absolute atomic E-state index is 12.7. The van der Waals surface area contributed by atoms with Crippen LogP contribution < -0.4 is 5.32 Å². The zero-order valence-electron chi connectivity index (χ0n) is 13.1. The van der Waals surface area contributed by atoms with Gasteiger partial charge in [0, 0.05) is 17.1 Å². The highest BCUT2D eigenvalue weighted by molar-refractivity contribution is 9.10. The summed E-state index contributed by atoms with van der Waals surface area (Å²) in [7, 11) is 1.35. The molecule has 4 nitrogen and oxygen atoms in total. The molecule has 0 aliphatic heterocycles. The summed E-state index contributed by atoms with van der Waals surface area (Å²) in [4.78, 5) is 25.3. The normalized spacial score (nSPS) is 11.1. The number of anilines is 1. The molecule has 0 radical (unpaired) electrons. The van der Waals surface area contributed by atoms with Crippen molar-refractivity contribution in [2.24, 2.45) is 0 Å². The summed E-state index contributed by atoms with van der Waals surface area (Å²) in [5, 5.41) is 2.62. The molecule has 0 bridgehead atoms. The monoisotopic (exact) mass is 414 g/mol. The summed E-state index contributed by atoms with van der Waals surface area (Å²) in [5.41, 5.74) is -0.511. The highest BCUT2D eigenvalue weighted by Crippen LogP contribution is 2.29. The molecule has 0 saturated carbocycles. The summed E-state index contributed by atoms with van der Waals surface area (Å²) >= 11 is 3.28. The van der Waals surface area contributed by atoms with E-state index in [0.29, 0.717) is 10.2 Å². The van der Waals surface area contributed by atoms with Gasteiger partial charge in [-0.3, -0.25) is 9.59 Å². The van der Waals surface area contributed by atoms with E-state index in [1.807, 2.05) is 0 Å². The fourth-order valence-corrected chi connectivity index (χ4v) is 2.47. The molecule has 0 unspecified atom stereocenters. The van der Waals surface area contributed by atoms with Crippen LogP contribution in [0.3, 0.4) is 0 Å². The maximum Gasteiger partial charge on any atom is 0.416 e. The van der Waals surface area contributed by atoms with E-state index < -0.39 is 23.6 Å². The molecule has 0 spiro atoms. The lowest BCUT2D eigenvalue weighted by molar-refractivity contribution is -0.137.